The predicted molar refractivity (Wildman–Crippen MR) is 110 cm³/mol. The third-order valence-corrected chi connectivity index (χ3v) is 5.51. The van der Waals surface area contributed by atoms with Gasteiger partial charge in [-0.3, -0.25) is 4.79 Å². The number of carbonyl (C=O) groups excluding carboxylic acids is 3. The number of carbonyl (C=O) groups is 3. The van der Waals surface area contributed by atoms with Crippen LogP contribution in [0.1, 0.15) is 47.3 Å². The Morgan fingerprint density at radius 2 is 1.66 bits per heavy atom. The smallest absolute Gasteiger partial charge is 0.338 e. The Labute approximate surface area is 172 Å². The molecule has 0 saturated heterocycles. The number of hydrogen-bond acceptors (Lipinski definition) is 6. The number of aromatic nitrogens is 1. The fourth-order valence-corrected chi connectivity index (χ4v) is 3.73. The molecule has 0 atom stereocenters. The Morgan fingerprint density at radius 3 is 2.24 bits per heavy atom. The van der Waals surface area contributed by atoms with Crippen LogP contribution in [0.5, 0.6) is 0 Å². The number of Topliss-reactive ketones (excluding diaryl/α,β-unsaturated/α-hetero) is 1. The van der Waals surface area contributed by atoms with Gasteiger partial charge in [-0.2, -0.15) is 0 Å². The van der Waals surface area contributed by atoms with Gasteiger partial charge in [0.1, 0.15) is 0 Å². The average Bonchev–Trinajstić information content (AvgIpc) is 3.35. The molecule has 0 fully saturated rings. The summed E-state index contributed by atoms with van der Waals surface area (Å²) in [7, 11) is 1.29. The second-order valence-electron chi connectivity index (χ2n) is 6.52. The van der Waals surface area contributed by atoms with Gasteiger partial charge in [0.15, 0.2) is 6.61 Å². The molecule has 150 valence electrons. The molecule has 0 aliphatic heterocycles. The highest BCUT2D eigenvalue weighted by atomic mass is 32.1. The molecule has 0 N–H and O–H groups in total. The first-order chi connectivity index (χ1) is 13.9. The second-order valence-corrected chi connectivity index (χ2v) is 7.55. The van der Waals surface area contributed by atoms with Crippen LogP contribution in [0.2, 0.25) is 0 Å². The number of thiophene rings is 1. The van der Waals surface area contributed by atoms with E-state index in [1.807, 2.05) is 31.4 Å². The summed E-state index contributed by atoms with van der Waals surface area (Å²) in [6.07, 6.45) is 0. The fraction of sp³-hybridized carbons (Fsp3) is 0.227. The first-order valence-electron chi connectivity index (χ1n) is 8.98. The zero-order valence-corrected chi connectivity index (χ0v) is 17.2. The van der Waals surface area contributed by atoms with Crippen LogP contribution in [0.4, 0.5) is 0 Å². The van der Waals surface area contributed by atoms with E-state index in [4.69, 9.17) is 4.74 Å². The molecule has 0 saturated carbocycles. The normalized spacial score (nSPS) is 10.6. The van der Waals surface area contributed by atoms with E-state index < -0.39 is 11.9 Å². The first kappa shape index (κ1) is 20.5. The summed E-state index contributed by atoms with van der Waals surface area (Å²) in [6, 6.07) is 11.8. The maximum atomic E-state index is 12.6. The molecule has 6 nitrogen and oxygen atoms in total. The van der Waals surface area contributed by atoms with E-state index in [1.165, 1.54) is 36.3 Å². The van der Waals surface area contributed by atoms with Crippen LogP contribution >= 0.6 is 11.3 Å². The molecule has 0 unspecified atom stereocenters. The Bertz CT molecular complexity index is 1030. The van der Waals surface area contributed by atoms with Crippen LogP contribution in [-0.2, 0) is 16.0 Å². The van der Waals surface area contributed by atoms with E-state index in [0.29, 0.717) is 17.7 Å². The van der Waals surface area contributed by atoms with Gasteiger partial charge < -0.3 is 14.0 Å². The molecule has 29 heavy (non-hydrogen) atoms. The van der Waals surface area contributed by atoms with Gasteiger partial charge in [-0.15, -0.1) is 11.3 Å². The summed E-state index contributed by atoms with van der Waals surface area (Å²) in [5.41, 5.74) is 2.96. The molecule has 3 aromatic rings. The molecular formula is C22H21NO5S. The second kappa shape index (κ2) is 8.87. The lowest BCUT2D eigenvalue weighted by Gasteiger charge is -2.08. The number of rotatable bonds is 7. The van der Waals surface area contributed by atoms with Crippen molar-refractivity contribution in [1.82, 2.24) is 4.57 Å². The van der Waals surface area contributed by atoms with E-state index in [0.717, 1.165) is 11.4 Å². The van der Waals surface area contributed by atoms with Crippen LogP contribution in [0.25, 0.3) is 0 Å². The highest BCUT2D eigenvalue weighted by molar-refractivity contribution is 7.09. The molecule has 0 aliphatic carbocycles. The Morgan fingerprint density at radius 1 is 1.00 bits per heavy atom. The van der Waals surface area contributed by atoms with Gasteiger partial charge in [0.2, 0.25) is 5.78 Å². The minimum Gasteiger partial charge on any atom is -0.465 e. The van der Waals surface area contributed by atoms with Crippen molar-refractivity contribution in [1.29, 1.82) is 0 Å². The summed E-state index contributed by atoms with van der Waals surface area (Å²) >= 11 is 1.66. The van der Waals surface area contributed by atoms with Crippen LogP contribution in [0.3, 0.4) is 0 Å². The maximum absolute atomic E-state index is 12.6. The van der Waals surface area contributed by atoms with Crippen molar-refractivity contribution < 1.29 is 23.9 Å². The molecule has 0 bridgehead atoms. The van der Waals surface area contributed by atoms with Crippen molar-refractivity contribution in [3.63, 3.8) is 0 Å². The molecule has 1 aromatic carbocycles. The number of nitrogens with zero attached hydrogens (tertiary/aromatic N) is 1. The SMILES string of the molecule is COC(=O)c1ccc(C(=O)OCC(=O)c2cc(C)n(Cc3cccs3)c2C)cc1. The van der Waals surface area contributed by atoms with Gasteiger partial charge in [-0.05, 0) is 55.6 Å². The Kier molecular flexibility index (Phi) is 6.29. The summed E-state index contributed by atoms with van der Waals surface area (Å²) in [5.74, 6) is -1.37. The number of hydrogen-bond donors (Lipinski definition) is 0. The summed E-state index contributed by atoms with van der Waals surface area (Å²) in [6.45, 7) is 4.20. The third kappa shape index (κ3) is 4.63. The molecule has 2 heterocycles. The summed E-state index contributed by atoms with van der Waals surface area (Å²) in [5, 5.41) is 2.02. The van der Waals surface area contributed by atoms with Crippen LogP contribution in [0, 0.1) is 13.8 Å². The van der Waals surface area contributed by atoms with Crippen molar-refractivity contribution in [2.45, 2.75) is 20.4 Å². The molecule has 0 aliphatic rings. The number of esters is 2. The standard InChI is InChI=1S/C22H21NO5S/c1-14-11-19(15(2)23(14)12-18-5-4-10-29-18)20(24)13-28-22(26)17-8-6-16(7-9-17)21(25)27-3/h4-11H,12-13H2,1-3H3. The number of aryl methyl sites for hydroxylation is 1. The van der Waals surface area contributed by atoms with E-state index in [1.54, 1.807) is 11.3 Å². The van der Waals surface area contributed by atoms with E-state index in [9.17, 15) is 14.4 Å². The van der Waals surface area contributed by atoms with Crippen LogP contribution in [-0.4, -0.2) is 36.0 Å². The molecule has 2 aromatic heterocycles. The van der Waals surface area contributed by atoms with Crippen molar-refractivity contribution in [3.8, 4) is 0 Å². The number of ketones is 1. The van der Waals surface area contributed by atoms with E-state index in [-0.39, 0.29) is 18.0 Å². The number of benzene rings is 1. The minimum absolute atomic E-state index is 0.255. The van der Waals surface area contributed by atoms with Crippen molar-refractivity contribution in [2.24, 2.45) is 0 Å². The molecular weight excluding hydrogens is 390 g/mol. The number of methoxy groups -OCH3 is 1. The maximum Gasteiger partial charge on any atom is 0.338 e. The predicted octanol–water partition coefficient (Wildman–Crippen LogP) is 4.04. The largest absolute Gasteiger partial charge is 0.465 e. The van der Waals surface area contributed by atoms with Gasteiger partial charge in [0.25, 0.3) is 0 Å². The zero-order valence-electron chi connectivity index (χ0n) is 16.4. The fourth-order valence-electron chi connectivity index (χ4n) is 3.04. The van der Waals surface area contributed by atoms with E-state index in [2.05, 4.69) is 15.4 Å². The zero-order chi connectivity index (χ0) is 21.0. The lowest BCUT2D eigenvalue weighted by molar-refractivity contribution is 0.0474. The summed E-state index contributed by atoms with van der Waals surface area (Å²) < 4.78 is 11.9. The molecule has 0 amide bonds. The van der Waals surface area contributed by atoms with Gasteiger partial charge in [0.05, 0.1) is 24.8 Å². The molecule has 7 heteroatoms. The lowest BCUT2D eigenvalue weighted by Crippen LogP contribution is -2.15. The first-order valence-corrected chi connectivity index (χ1v) is 9.86. The van der Waals surface area contributed by atoms with Gasteiger partial charge in [0, 0.05) is 21.8 Å². The van der Waals surface area contributed by atoms with Gasteiger partial charge in [-0.25, -0.2) is 9.59 Å². The molecule has 0 spiro atoms. The third-order valence-electron chi connectivity index (χ3n) is 4.64. The monoisotopic (exact) mass is 411 g/mol. The van der Waals surface area contributed by atoms with Gasteiger partial charge >= 0.3 is 11.9 Å². The lowest BCUT2D eigenvalue weighted by atomic mass is 10.1. The molecule has 3 rings (SSSR count). The highest BCUT2D eigenvalue weighted by Crippen LogP contribution is 2.20. The van der Waals surface area contributed by atoms with Crippen LogP contribution in [0.15, 0.2) is 47.8 Å². The quantitative estimate of drug-likeness (QED) is 0.433. The van der Waals surface area contributed by atoms with Crippen molar-refractivity contribution in [2.75, 3.05) is 13.7 Å². The topological polar surface area (TPSA) is 74.6 Å². The minimum atomic E-state index is -0.623. The van der Waals surface area contributed by atoms with Crippen molar-refractivity contribution >= 4 is 29.1 Å². The Balaban J connectivity index is 1.64. The summed E-state index contributed by atoms with van der Waals surface area (Å²) in [4.78, 5) is 37.5. The van der Waals surface area contributed by atoms with Crippen LogP contribution < -0.4 is 0 Å². The average molecular weight is 411 g/mol. The Hall–Kier alpha value is -3.19. The molecule has 0 radical (unpaired) electrons. The van der Waals surface area contributed by atoms with Gasteiger partial charge in [-0.1, -0.05) is 6.07 Å². The highest BCUT2D eigenvalue weighted by Gasteiger charge is 2.18. The van der Waals surface area contributed by atoms with E-state index >= 15 is 0 Å². The number of ether oxygens (including phenoxy) is 2. The van der Waals surface area contributed by atoms with Crippen molar-refractivity contribution in [3.05, 3.63) is 80.8 Å².